The van der Waals surface area contributed by atoms with Gasteiger partial charge in [0.1, 0.15) is 0 Å². The minimum atomic E-state index is -0.353. The van der Waals surface area contributed by atoms with Crippen LogP contribution >= 0.6 is 31.9 Å². The van der Waals surface area contributed by atoms with Crippen molar-refractivity contribution < 1.29 is 4.92 Å². The number of benzene rings is 2. The van der Waals surface area contributed by atoms with Crippen molar-refractivity contribution in [1.29, 1.82) is 0 Å². The van der Waals surface area contributed by atoms with E-state index in [1.54, 1.807) is 13.0 Å². The van der Waals surface area contributed by atoms with Crippen LogP contribution in [0.15, 0.2) is 45.3 Å². The van der Waals surface area contributed by atoms with Gasteiger partial charge in [-0.1, -0.05) is 28.1 Å². The summed E-state index contributed by atoms with van der Waals surface area (Å²) in [4.78, 5) is 10.6. The van der Waals surface area contributed by atoms with E-state index in [9.17, 15) is 10.1 Å². The van der Waals surface area contributed by atoms with Crippen LogP contribution in [0.1, 0.15) is 11.1 Å². The van der Waals surface area contributed by atoms with E-state index in [2.05, 4.69) is 37.2 Å². The van der Waals surface area contributed by atoms with E-state index in [0.717, 1.165) is 20.2 Å². The second-order valence-corrected chi connectivity index (χ2v) is 6.07. The molecule has 0 spiro atoms. The molecule has 6 heteroatoms. The molecule has 0 aromatic heterocycles. The molecule has 0 atom stereocenters. The Kier molecular flexibility index (Phi) is 4.77. The molecule has 104 valence electrons. The quantitative estimate of drug-likeness (QED) is 0.578. The summed E-state index contributed by atoms with van der Waals surface area (Å²) in [5, 5.41) is 14.2. The molecule has 0 saturated carbocycles. The maximum atomic E-state index is 10.9. The van der Waals surface area contributed by atoms with Gasteiger partial charge >= 0.3 is 0 Å². The molecule has 0 fully saturated rings. The first kappa shape index (κ1) is 15.0. The summed E-state index contributed by atoms with van der Waals surface area (Å²) in [7, 11) is 0. The van der Waals surface area contributed by atoms with Crippen LogP contribution in [0.3, 0.4) is 0 Å². The number of nitro groups is 1. The van der Waals surface area contributed by atoms with Crippen molar-refractivity contribution in [2.24, 2.45) is 0 Å². The molecule has 20 heavy (non-hydrogen) atoms. The first-order chi connectivity index (χ1) is 9.49. The van der Waals surface area contributed by atoms with Crippen LogP contribution in [0.2, 0.25) is 0 Å². The zero-order valence-corrected chi connectivity index (χ0v) is 13.9. The van der Waals surface area contributed by atoms with Gasteiger partial charge < -0.3 is 5.32 Å². The molecule has 0 radical (unpaired) electrons. The standard InChI is InChI=1S/C14H12Br2N2O2/c1-9-10(3-2-4-14(9)18(19)20)8-17-13-6-5-11(15)7-12(13)16/h2-7,17H,8H2,1H3. The number of rotatable bonds is 4. The Hall–Kier alpha value is -1.40. The number of anilines is 1. The number of hydrogen-bond donors (Lipinski definition) is 1. The summed E-state index contributed by atoms with van der Waals surface area (Å²) < 4.78 is 1.93. The molecule has 2 aromatic carbocycles. The second kappa shape index (κ2) is 6.37. The second-order valence-electron chi connectivity index (χ2n) is 4.30. The predicted octanol–water partition coefficient (Wildman–Crippen LogP) is 5.04. The van der Waals surface area contributed by atoms with Gasteiger partial charge in [-0.05, 0) is 46.6 Å². The molecule has 1 N–H and O–H groups in total. The van der Waals surface area contributed by atoms with E-state index in [-0.39, 0.29) is 10.6 Å². The third-order valence-electron chi connectivity index (χ3n) is 3.01. The van der Waals surface area contributed by atoms with Crippen molar-refractivity contribution in [3.63, 3.8) is 0 Å². The number of nitrogens with one attached hydrogen (secondary N) is 1. The molecule has 2 rings (SSSR count). The van der Waals surface area contributed by atoms with Gasteiger partial charge in [-0.2, -0.15) is 0 Å². The number of nitro benzene ring substituents is 1. The highest BCUT2D eigenvalue weighted by Gasteiger charge is 2.13. The third-order valence-corrected chi connectivity index (χ3v) is 4.16. The van der Waals surface area contributed by atoms with Crippen LogP contribution in [0.4, 0.5) is 11.4 Å². The lowest BCUT2D eigenvalue weighted by Gasteiger charge is -2.11. The van der Waals surface area contributed by atoms with Crippen molar-refractivity contribution in [1.82, 2.24) is 0 Å². The van der Waals surface area contributed by atoms with Gasteiger partial charge in [0.2, 0.25) is 0 Å². The van der Waals surface area contributed by atoms with E-state index < -0.39 is 0 Å². The van der Waals surface area contributed by atoms with Crippen LogP contribution in [0, 0.1) is 17.0 Å². The topological polar surface area (TPSA) is 55.2 Å². The zero-order chi connectivity index (χ0) is 14.7. The molecule has 4 nitrogen and oxygen atoms in total. The maximum absolute atomic E-state index is 10.9. The molecule has 0 saturated heterocycles. The average molecular weight is 400 g/mol. The van der Waals surface area contributed by atoms with E-state index in [0.29, 0.717) is 12.1 Å². The summed E-state index contributed by atoms with van der Waals surface area (Å²) in [5.41, 5.74) is 2.70. The van der Waals surface area contributed by atoms with E-state index in [1.165, 1.54) is 6.07 Å². The molecule has 0 unspecified atom stereocenters. The first-order valence-corrected chi connectivity index (χ1v) is 7.49. The molecule has 0 heterocycles. The van der Waals surface area contributed by atoms with Crippen LogP contribution in [-0.2, 0) is 6.54 Å². The highest BCUT2D eigenvalue weighted by Crippen LogP contribution is 2.27. The third kappa shape index (κ3) is 3.37. The van der Waals surface area contributed by atoms with Gasteiger partial charge in [0.05, 0.1) is 4.92 Å². The molecule has 0 amide bonds. The smallest absolute Gasteiger partial charge is 0.272 e. The molecule has 0 bridgehead atoms. The lowest BCUT2D eigenvalue weighted by atomic mass is 10.1. The zero-order valence-electron chi connectivity index (χ0n) is 10.7. The lowest BCUT2D eigenvalue weighted by molar-refractivity contribution is -0.385. The van der Waals surface area contributed by atoms with Crippen LogP contribution in [0.25, 0.3) is 0 Å². The summed E-state index contributed by atoms with van der Waals surface area (Å²) in [6.07, 6.45) is 0. The minimum Gasteiger partial charge on any atom is -0.380 e. The lowest BCUT2D eigenvalue weighted by Crippen LogP contribution is -2.03. The van der Waals surface area contributed by atoms with Gasteiger partial charge in [-0.15, -0.1) is 0 Å². The van der Waals surface area contributed by atoms with Crippen molar-refractivity contribution in [2.45, 2.75) is 13.5 Å². The van der Waals surface area contributed by atoms with Crippen molar-refractivity contribution in [2.75, 3.05) is 5.32 Å². The average Bonchev–Trinajstić information content (AvgIpc) is 2.39. The monoisotopic (exact) mass is 398 g/mol. The van der Waals surface area contributed by atoms with Crippen molar-refractivity contribution in [3.05, 3.63) is 66.6 Å². The van der Waals surface area contributed by atoms with E-state index >= 15 is 0 Å². The van der Waals surface area contributed by atoms with Crippen LogP contribution < -0.4 is 5.32 Å². The fourth-order valence-corrected chi connectivity index (χ4v) is 3.07. The number of hydrogen-bond acceptors (Lipinski definition) is 3. The van der Waals surface area contributed by atoms with Gasteiger partial charge in [0.15, 0.2) is 0 Å². The Balaban J connectivity index is 2.19. The van der Waals surface area contributed by atoms with E-state index in [4.69, 9.17) is 0 Å². The Morgan fingerprint density at radius 1 is 1.25 bits per heavy atom. The van der Waals surface area contributed by atoms with Gasteiger partial charge in [-0.25, -0.2) is 0 Å². The minimum absolute atomic E-state index is 0.152. The van der Waals surface area contributed by atoms with Crippen molar-refractivity contribution in [3.8, 4) is 0 Å². The predicted molar refractivity (Wildman–Crippen MR) is 87.0 cm³/mol. The summed E-state index contributed by atoms with van der Waals surface area (Å²) in [6.45, 7) is 2.31. The number of halogens is 2. The van der Waals surface area contributed by atoms with Crippen LogP contribution in [-0.4, -0.2) is 4.92 Å². The first-order valence-electron chi connectivity index (χ1n) is 5.91. The summed E-state index contributed by atoms with van der Waals surface area (Å²) in [5.74, 6) is 0. The summed E-state index contributed by atoms with van der Waals surface area (Å²) in [6, 6.07) is 11.0. The Morgan fingerprint density at radius 2 is 2.00 bits per heavy atom. The molecule has 2 aromatic rings. The molecule has 0 aliphatic heterocycles. The molecule has 0 aliphatic rings. The fraction of sp³-hybridized carbons (Fsp3) is 0.143. The van der Waals surface area contributed by atoms with Gasteiger partial charge in [-0.3, -0.25) is 10.1 Å². The van der Waals surface area contributed by atoms with Gasteiger partial charge in [0, 0.05) is 32.8 Å². The normalized spacial score (nSPS) is 10.3. The van der Waals surface area contributed by atoms with Crippen molar-refractivity contribution >= 4 is 43.2 Å². The fourth-order valence-electron chi connectivity index (χ4n) is 1.88. The molecule has 0 aliphatic carbocycles. The Bertz CT molecular complexity index is 660. The Labute approximate surface area is 133 Å². The molecular weight excluding hydrogens is 388 g/mol. The SMILES string of the molecule is Cc1c(CNc2ccc(Br)cc2Br)cccc1[N+](=O)[O-]. The highest BCUT2D eigenvalue weighted by atomic mass is 79.9. The van der Waals surface area contributed by atoms with Crippen LogP contribution in [0.5, 0.6) is 0 Å². The number of nitrogens with zero attached hydrogens (tertiary/aromatic N) is 1. The maximum Gasteiger partial charge on any atom is 0.272 e. The van der Waals surface area contributed by atoms with Gasteiger partial charge in [0.25, 0.3) is 5.69 Å². The van der Waals surface area contributed by atoms with E-state index in [1.807, 2.05) is 24.3 Å². The highest BCUT2D eigenvalue weighted by molar-refractivity contribution is 9.11. The largest absolute Gasteiger partial charge is 0.380 e. The molecular formula is C14H12Br2N2O2. The Morgan fingerprint density at radius 3 is 2.65 bits per heavy atom. The summed E-state index contributed by atoms with van der Waals surface area (Å²) >= 11 is 6.87.